The highest BCUT2D eigenvalue weighted by Gasteiger charge is 2.30. The van der Waals surface area contributed by atoms with Crippen LogP contribution in [0.1, 0.15) is 80.4 Å². The number of aromatic nitrogens is 1. The van der Waals surface area contributed by atoms with Crippen molar-refractivity contribution in [2.45, 2.75) is 91.3 Å². The summed E-state index contributed by atoms with van der Waals surface area (Å²) < 4.78 is 12.8. The topological polar surface area (TPSA) is 237 Å². The zero-order valence-corrected chi connectivity index (χ0v) is 38.9. The number of hydrogen-bond donors (Lipinski definition) is 5. The molecule has 2 aromatic heterocycles. The lowest BCUT2D eigenvalue weighted by Gasteiger charge is -2.24. The van der Waals surface area contributed by atoms with Crippen LogP contribution >= 0.6 is 11.3 Å². The van der Waals surface area contributed by atoms with Gasteiger partial charge in [-0.25, -0.2) is 9.59 Å². The van der Waals surface area contributed by atoms with Crippen LogP contribution in [0.5, 0.6) is 5.75 Å². The summed E-state index contributed by atoms with van der Waals surface area (Å²) in [6.07, 6.45) is 6.44. The number of amides is 7. The first-order valence-corrected chi connectivity index (χ1v) is 23.2. The molecule has 4 aromatic rings. The van der Waals surface area contributed by atoms with Crippen molar-refractivity contribution >= 4 is 64.2 Å². The Kier molecular flexibility index (Phi) is 19.4. The molecule has 7 amide bonds. The first kappa shape index (κ1) is 50.9. The highest BCUT2D eigenvalue weighted by molar-refractivity contribution is 7.09. The number of imide groups is 1. The third-order valence-electron chi connectivity index (χ3n) is 11.1. The minimum Gasteiger partial charge on any atom is -0.493 e. The van der Waals surface area contributed by atoms with Gasteiger partial charge in [0.25, 0.3) is 17.4 Å². The average Bonchev–Trinajstić information content (AvgIpc) is 3.93. The Hall–Kier alpha value is -7.08. The summed E-state index contributed by atoms with van der Waals surface area (Å²) in [6.45, 7) is 6.60. The van der Waals surface area contributed by atoms with Crippen LogP contribution in [0.15, 0.2) is 95.3 Å². The molecule has 3 heterocycles. The predicted octanol–water partition coefficient (Wildman–Crippen LogP) is 6.23. The molecule has 0 saturated heterocycles. The zero-order valence-electron chi connectivity index (χ0n) is 38.0. The van der Waals surface area contributed by atoms with Crippen LogP contribution in [0.25, 0.3) is 0 Å². The van der Waals surface area contributed by atoms with E-state index in [9.17, 15) is 38.4 Å². The average molecular weight is 938 g/mol. The molecule has 0 radical (unpaired) electrons. The number of benzene rings is 2. The van der Waals surface area contributed by atoms with Gasteiger partial charge in [0.15, 0.2) is 5.78 Å². The summed E-state index contributed by atoms with van der Waals surface area (Å²) in [5, 5.41) is 13.0. The molecule has 0 unspecified atom stereocenters. The molecular formula is C49H59N7O10S. The number of primary amides is 1. The van der Waals surface area contributed by atoms with E-state index in [1.165, 1.54) is 23.1 Å². The Labute approximate surface area is 393 Å². The van der Waals surface area contributed by atoms with E-state index in [-0.39, 0.29) is 80.5 Å². The predicted molar refractivity (Wildman–Crippen MR) is 254 cm³/mol. The van der Waals surface area contributed by atoms with E-state index in [1.807, 2.05) is 30.5 Å². The van der Waals surface area contributed by atoms with Crippen LogP contribution in [-0.2, 0) is 48.3 Å². The largest absolute Gasteiger partial charge is 0.493 e. The van der Waals surface area contributed by atoms with Crippen molar-refractivity contribution in [3.05, 3.63) is 122 Å². The SMILES string of the molecule is Cc1c(Cn2ccc(OCCc3cccs3)cc2=O)cccc1NC(=O)OCc1ccc(NC(=O)[C@H](CCCNC(N)=O)CC(=O)[C@@H](NC(=O)CCCCCN2C(=O)C=CC2=O)C(C)C)cc1. The summed E-state index contributed by atoms with van der Waals surface area (Å²) in [4.78, 5) is 103. The molecule has 5 rings (SSSR count). The Morgan fingerprint density at radius 2 is 1.63 bits per heavy atom. The highest BCUT2D eigenvalue weighted by atomic mass is 32.1. The monoisotopic (exact) mass is 937 g/mol. The fraction of sp³-hybridized carbons (Fsp3) is 0.388. The van der Waals surface area contributed by atoms with Gasteiger partial charge >= 0.3 is 12.1 Å². The molecule has 0 aliphatic carbocycles. The van der Waals surface area contributed by atoms with Crippen molar-refractivity contribution in [1.29, 1.82) is 0 Å². The summed E-state index contributed by atoms with van der Waals surface area (Å²) >= 11 is 1.66. The second-order valence-electron chi connectivity index (χ2n) is 16.5. The minimum atomic E-state index is -0.844. The van der Waals surface area contributed by atoms with Gasteiger partial charge in [0.1, 0.15) is 12.4 Å². The fourth-order valence-electron chi connectivity index (χ4n) is 7.34. The van der Waals surface area contributed by atoms with E-state index in [0.29, 0.717) is 55.0 Å². The number of ether oxygens (including phenoxy) is 2. The lowest BCUT2D eigenvalue weighted by molar-refractivity contribution is -0.137. The first-order chi connectivity index (χ1) is 32.2. The number of nitrogens with one attached hydrogen (secondary N) is 4. The van der Waals surface area contributed by atoms with Crippen molar-refractivity contribution < 1.29 is 43.0 Å². The highest BCUT2D eigenvalue weighted by Crippen LogP contribution is 2.23. The third kappa shape index (κ3) is 16.4. The quantitative estimate of drug-likeness (QED) is 0.0352. The normalized spacial score (nSPS) is 13.0. The second kappa shape index (κ2) is 25.6. The minimum absolute atomic E-state index is 0.0689. The molecule has 17 nitrogen and oxygen atoms in total. The Bertz CT molecular complexity index is 2430. The molecule has 67 heavy (non-hydrogen) atoms. The number of nitrogens with zero attached hydrogens (tertiary/aromatic N) is 2. The summed E-state index contributed by atoms with van der Waals surface area (Å²) in [7, 11) is 0. The standard InChI is InChI=1S/C49H59N7O10S/c1-32(2)46(54-42(58)14-5-4-6-24-56-43(59)19-20-44(56)60)41(57)28-35(11-8-23-51-48(50)63)47(62)52-37-17-15-34(16-18-37)31-66-49(64)53-40-13-7-10-36(33(40)3)30-55-25-21-38(29-45(55)61)65-26-22-39-12-9-27-67-39/h7,9-10,12-13,15-21,25,27,29,32,35,46H,4-6,8,11,14,22-24,26,28,30-31H2,1-3H3,(H,52,62)(H,53,64)(H,54,58)(H3,50,51,63)/t35-,46+/m1/s1. The maximum Gasteiger partial charge on any atom is 0.411 e. The molecule has 2 aromatic carbocycles. The molecule has 0 fully saturated rings. The fourth-order valence-corrected chi connectivity index (χ4v) is 8.03. The van der Waals surface area contributed by atoms with Crippen molar-refractivity contribution in [2.75, 3.05) is 30.3 Å². The number of rotatable bonds is 26. The van der Waals surface area contributed by atoms with Crippen LogP contribution < -0.4 is 37.3 Å². The summed E-state index contributed by atoms with van der Waals surface area (Å²) in [6, 6.07) is 17.8. The molecule has 1 aliphatic rings. The number of ketones is 1. The van der Waals surface area contributed by atoms with E-state index >= 15 is 0 Å². The number of thiophene rings is 1. The van der Waals surface area contributed by atoms with Gasteiger partial charge in [0.05, 0.1) is 19.2 Å². The number of hydrogen-bond acceptors (Lipinski definition) is 11. The van der Waals surface area contributed by atoms with Crippen molar-refractivity contribution in [2.24, 2.45) is 17.6 Å². The van der Waals surface area contributed by atoms with E-state index in [1.54, 1.807) is 78.4 Å². The number of pyridine rings is 1. The molecule has 18 heteroatoms. The smallest absolute Gasteiger partial charge is 0.411 e. The number of nitrogens with two attached hydrogens (primary N) is 1. The number of carbonyl (C=O) groups is 7. The van der Waals surface area contributed by atoms with Crippen molar-refractivity contribution in [3.63, 3.8) is 0 Å². The van der Waals surface area contributed by atoms with Crippen LogP contribution in [0.2, 0.25) is 0 Å². The van der Waals surface area contributed by atoms with Crippen LogP contribution in [0, 0.1) is 18.8 Å². The number of anilines is 2. The summed E-state index contributed by atoms with van der Waals surface area (Å²) in [5.74, 6) is -2.32. The first-order valence-electron chi connectivity index (χ1n) is 22.3. The molecule has 2 atom stereocenters. The number of carbonyl (C=O) groups excluding carboxylic acids is 7. The van der Waals surface area contributed by atoms with Crippen LogP contribution in [-0.4, -0.2) is 76.7 Å². The van der Waals surface area contributed by atoms with E-state index in [4.69, 9.17) is 15.2 Å². The lowest BCUT2D eigenvalue weighted by atomic mass is 9.89. The van der Waals surface area contributed by atoms with Gasteiger partial charge in [-0.05, 0) is 90.9 Å². The number of urea groups is 1. The van der Waals surface area contributed by atoms with Gasteiger partial charge in [-0.3, -0.25) is 39.0 Å². The van der Waals surface area contributed by atoms with Gasteiger partial charge in [-0.15, -0.1) is 11.3 Å². The molecule has 0 spiro atoms. The molecular weight excluding hydrogens is 879 g/mol. The van der Waals surface area contributed by atoms with Crippen molar-refractivity contribution in [3.8, 4) is 5.75 Å². The molecule has 356 valence electrons. The molecule has 6 N–H and O–H groups in total. The van der Waals surface area contributed by atoms with E-state index in [0.717, 1.165) is 22.4 Å². The molecule has 0 bridgehead atoms. The summed E-state index contributed by atoms with van der Waals surface area (Å²) in [5.41, 5.74) is 8.21. The maximum atomic E-state index is 13.7. The second-order valence-corrected chi connectivity index (χ2v) is 17.6. The lowest BCUT2D eigenvalue weighted by Crippen LogP contribution is -2.45. The van der Waals surface area contributed by atoms with E-state index < -0.39 is 30.0 Å². The number of unbranched alkanes of at least 4 members (excludes halogenated alkanes) is 2. The molecule has 1 aliphatic heterocycles. The Morgan fingerprint density at radius 3 is 2.31 bits per heavy atom. The zero-order chi connectivity index (χ0) is 48.3. The van der Waals surface area contributed by atoms with Gasteiger partial charge < -0.3 is 35.7 Å². The number of Topliss-reactive ketones (excluding diaryl/α,β-unsaturated/α-hetero) is 1. The Morgan fingerprint density at radius 1 is 0.866 bits per heavy atom. The van der Waals surface area contributed by atoms with E-state index in [2.05, 4.69) is 21.3 Å². The van der Waals surface area contributed by atoms with Gasteiger partial charge in [0, 0.05) is 78.9 Å². The van der Waals surface area contributed by atoms with Crippen LogP contribution in [0.3, 0.4) is 0 Å². The maximum absolute atomic E-state index is 13.7. The van der Waals surface area contributed by atoms with Gasteiger partial charge in [-0.1, -0.05) is 50.6 Å². The van der Waals surface area contributed by atoms with Crippen molar-refractivity contribution in [1.82, 2.24) is 20.1 Å². The van der Waals surface area contributed by atoms with Crippen LogP contribution in [0.4, 0.5) is 21.0 Å². The Balaban J connectivity index is 1.09. The molecule has 0 saturated carbocycles. The third-order valence-corrected chi connectivity index (χ3v) is 12.1. The van der Waals surface area contributed by atoms with Gasteiger partial charge in [-0.2, -0.15) is 0 Å². The van der Waals surface area contributed by atoms with Gasteiger partial charge in [0.2, 0.25) is 11.8 Å².